The van der Waals surface area contributed by atoms with Crippen molar-refractivity contribution in [3.8, 4) is 0 Å². The van der Waals surface area contributed by atoms with Gasteiger partial charge in [-0.25, -0.2) is 17.9 Å². The largest absolute Gasteiger partial charge is 0.465 e. The fourth-order valence-corrected chi connectivity index (χ4v) is 3.82. The van der Waals surface area contributed by atoms with Crippen LogP contribution in [0.25, 0.3) is 0 Å². The van der Waals surface area contributed by atoms with Gasteiger partial charge in [-0.05, 0) is 34.8 Å². The van der Waals surface area contributed by atoms with Gasteiger partial charge in [0.15, 0.2) is 0 Å². The summed E-state index contributed by atoms with van der Waals surface area (Å²) < 4.78 is 27.5. The van der Waals surface area contributed by atoms with Crippen molar-refractivity contribution in [3.05, 3.63) is 22.9 Å². The molecule has 20 heavy (non-hydrogen) atoms. The van der Waals surface area contributed by atoms with Gasteiger partial charge in [0.05, 0.1) is 0 Å². The lowest BCUT2D eigenvalue weighted by Gasteiger charge is -2.30. The number of hydrogen-bond acceptors (Lipinski definition) is 4. The van der Waals surface area contributed by atoms with Crippen LogP contribution in [0.2, 0.25) is 0 Å². The number of carboxylic acid groups (broad SMARTS) is 1. The van der Waals surface area contributed by atoms with E-state index in [1.54, 1.807) is 0 Å². The minimum atomic E-state index is -3.63. The average molecular weight is 364 g/mol. The Hall–Kier alpha value is -1.19. The standard InChI is InChI=1S/C11H14BrN3O4S/c12-8-5-10(7-13-6-8)20(18,19)14-9-1-3-15(4-2-9)11(16)17/h5-7,9,14H,1-4H2,(H,16,17). The van der Waals surface area contributed by atoms with E-state index in [1.807, 2.05) is 0 Å². The van der Waals surface area contributed by atoms with Gasteiger partial charge in [-0.2, -0.15) is 0 Å². The topological polar surface area (TPSA) is 99.6 Å². The highest BCUT2D eigenvalue weighted by Crippen LogP contribution is 2.17. The molecule has 1 aromatic heterocycles. The van der Waals surface area contributed by atoms with Crippen molar-refractivity contribution in [2.24, 2.45) is 0 Å². The predicted octanol–water partition coefficient (Wildman–Crippen LogP) is 1.26. The van der Waals surface area contributed by atoms with Crippen LogP contribution >= 0.6 is 15.9 Å². The third-order valence-corrected chi connectivity index (χ3v) is 5.00. The summed E-state index contributed by atoms with van der Waals surface area (Å²) in [5, 5.41) is 8.84. The zero-order valence-electron chi connectivity index (χ0n) is 10.5. The van der Waals surface area contributed by atoms with E-state index in [1.165, 1.54) is 23.4 Å². The van der Waals surface area contributed by atoms with E-state index >= 15 is 0 Å². The summed E-state index contributed by atoms with van der Waals surface area (Å²) in [6.45, 7) is 0.665. The van der Waals surface area contributed by atoms with Crippen LogP contribution in [0.3, 0.4) is 0 Å². The van der Waals surface area contributed by atoms with Gasteiger partial charge < -0.3 is 10.0 Å². The Bertz CT molecular complexity index is 599. The summed E-state index contributed by atoms with van der Waals surface area (Å²) in [7, 11) is -3.63. The minimum absolute atomic E-state index is 0.0903. The average Bonchev–Trinajstić information content (AvgIpc) is 2.39. The molecule has 0 spiro atoms. The monoisotopic (exact) mass is 363 g/mol. The lowest BCUT2D eigenvalue weighted by atomic mass is 10.1. The van der Waals surface area contributed by atoms with Crippen molar-refractivity contribution in [1.29, 1.82) is 0 Å². The smallest absolute Gasteiger partial charge is 0.407 e. The molecule has 9 heteroatoms. The van der Waals surface area contributed by atoms with Gasteiger partial charge in [-0.1, -0.05) is 0 Å². The molecule has 1 aliphatic heterocycles. The van der Waals surface area contributed by atoms with Gasteiger partial charge in [0, 0.05) is 36.0 Å². The first-order chi connectivity index (χ1) is 9.38. The Balaban J connectivity index is 2.02. The fraction of sp³-hybridized carbons (Fsp3) is 0.455. The number of amides is 1. The molecule has 1 amide bonds. The number of sulfonamides is 1. The van der Waals surface area contributed by atoms with E-state index in [4.69, 9.17) is 5.11 Å². The Kier molecular flexibility index (Phi) is 4.61. The molecule has 1 fully saturated rings. The number of aromatic nitrogens is 1. The molecule has 0 bridgehead atoms. The van der Waals surface area contributed by atoms with Crippen LogP contribution in [0.5, 0.6) is 0 Å². The number of rotatable bonds is 3. The van der Waals surface area contributed by atoms with Crippen molar-refractivity contribution < 1.29 is 18.3 Å². The van der Waals surface area contributed by atoms with Crippen molar-refractivity contribution in [1.82, 2.24) is 14.6 Å². The second kappa shape index (κ2) is 6.06. The summed E-state index contributed by atoms with van der Waals surface area (Å²) >= 11 is 3.18. The van der Waals surface area contributed by atoms with Crippen molar-refractivity contribution in [3.63, 3.8) is 0 Å². The van der Waals surface area contributed by atoms with Crippen LogP contribution in [0.1, 0.15) is 12.8 Å². The SMILES string of the molecule is O=C(O)N1CCC(NS(=O)(=O)c2cncc(Br)c2)CC1. The van der Waals surface area contributed by atoms with E-state index in [2.05, 4.69) is 25.6 Å². The van der Waals surface area contributed by atoms with Crippen LogP contribution in [0.4, 0.5) is 4.79 Å². The third-order valence-electron chi connectivity index (χ3n) is 3.08. The molecule has 1 aromatic rings. The molecule has 1 aliphatic rings. The van der Waals surface area contributed by atoms with Crippen molar-refractivity contribution in [2.45, 2.75) is 23.8 Å². The normalized spacial score (nSPS) is 17.1. The molecular weight excluding hydrogens is 350 g/mol. The molecule has 0 aromatic carbocycles. The molecule has 1 saturated heterocycles. The molecule has 0 radical (unpaired) electrons. The quantitative estimate of drug-likeness (QED) is 0.841. The highest BCUT2D eigenvalue weighted by Gasteiger charge is 2.26. The minimum Gasteiger partial charge on any atom is -0.465 e. The van der Waals surface area contributed by atoms with Gasteiger partial charge in [0.25, 0.3) is 0 Å². The van der Waals surface area contributed by atoms with Crippen LogP contribution in [0, 0.1) is 0 Å². The Labute approximate surface area is 125 Å². The van der Waals surface area contributed by atoms with Gasteiger partial charge in [0.2, 0.25) is 10.0 Å². The second-order valence-electron chi connectivity index (χ2n) is 4.50. The molecule has 2 rings (SSSR count). The van der Waals surface area contributed by atoms with Crippen LogP contribution in [-0.4, -0.2) is 48.6 Å². The number of carbonyl (C=O) groups is 1. The van der Waals surface area contributed by atoms with Crippen molar-refractivity contribution in [2.75, 3.05) is 13.1 Å². The Morgan fingerprint density at radius 2 is 2.05 bits per heavy atom. The number of nitrogens with one attached hydrogen (secondary N) is 1. The third kappa shape index (κ3) is 3.68. The summed E-state index contributed by atoms with van der Waals surface area (Å²) in [5.74, 6) is 0. The molecule has 0 aliphatic carbocycles. The van der Waals surface area contributed by atoms with Crippen LogP contribution in [0.15, 0.2) is 27.8 Å². The Morgan fingerprint density at radius 3 is 2.60 bits per heavy atom. The van der Waals surface area contributed by atoms with Gasteiger partial charge >= 0.3 is 6.09 Å². The Morgan fingerprint density at radius 1 is 1.40 bits per heavy atom. The molecule has 2 N–H and O–H groups in total. The lowest BCUT2D eigenvalue weighted by Crippen LogP contribution is -2.46. The summed E-state index contributed by atoms with van der Waals surface area (Å²) in [4.78, 5) is 16.0. The maximum absolute atomic E-state index is 12.2. The van der Waals surface area contributed by atoms with E-state index in [0.29, 0.717) is 30.4 Å². The fourth-order valence-electron chi connectivity index (χ4n) is 2.02. The maximum Gasteiger partial charge on any atom is 0.407 e. The van der Waals surface area contributed by atoms with E-state index in [9.17, 15) is 13.2 Å². The van der Waals surface area contributed by atoms with E-state index in [0.717, 1.165) is 0 Å². The maximum atomic E-state index is 12.2. The molecule has 110 valence electrons. The number of nitrogens with zero attached hydrogens (tertiary/aromatic N) is 2. The number of pyridine rings is 1. The molecule has 0 atom stereocenters. The molecule has 0 saturated carbocycles. The van der Waals surface area contributed by atoms with Gasteiger partial charge in [0.1, 0.15) is 4.90 Å². The van der Waals surface area contributed by atoms with E-state index in [-0.39, 0.29) is 10.9 Å². The summed E-state index contributed by atoms with van der Waals surface area (Å²) in [6.07, 6.45) is 2.74. The van der Waals surface area contributed by atoms with Crippen LogP contribution in [-0.2, 0) is 10.0 Å². The van der Waals surface area contributed by atoms with Crippen molar-refractivity contribution >= 4 is 32.0 Å². The molecular formula is C11H14BrN3O4S. The van der Waals surface area contributed by atoms with Gasteiger partial charge in [-0.3, -0.25) is 4.98 Å². The first-order valence-corrected chi connectivity index (χ1v) is 8.27. The first-order valence-electron chi connectivity index (χ1n) is 5.99. The van der Waals surface area contributed by atoms with Gasteiger partial charge in [-0.15, -0.1) is 0 Å². The highest BCUT2D eigenvalue weighted by atomic mass is 79.9. The number of hydrogen-bond donors (Lipinski definition) is 2. The first kappa shape index (κ1) is 15.2. The molecule has 7 nitrogen and oxygen atoms in total. The predicted molar refractivity (Wildman–Crippen MR) is 74.9 cm³/mol. The van der Waals surface area contributed by atoms with E-state index < -0.39 is 16.1 Å². The number of piperidine rings is 1. The summed E-state index contributed by atoms with van der Waals surface area (Å²) in [5.41, 5.74) is 0. The molecule has 2 heterocycles. The number of likely N-dealkylation sites (tertiary alicyclic amines) is 1. The summed E-state index contributed by atoms with van der Waals surface area (Å²) in [6, 6.07) is 1.22. The zero-order chi connectivity index (χ0) is 14.8. The zero-order valence-corrected chi connectivity index (χ0v) is 12.9. The number of halogens is 1. The van der Waals surface area contributed by atoms with Crippen LogP contribution < -0.4 is 4.72 Å². The molecule has 0 unspecified atom stereocenters. The highest BCUT2D eigenvalue weighted by molar-refractivity contribution is 9.10. The second-order valence-corrected chi connectivity index (χ2v) is 7.13. The lowest BCUT2D eigenvalue weighted by molar-refractivity contribution is 0.131.